The predicted molar refractivity (Wildman–Crippen MR) is 163 cm³/mol. The van der Waals surface area contributed by atoms with Crippen LogP contribution in [0.1, 0.15) is 56.6 Å². The highest BCUT2D eigenvalue weighted by Crippen LogP contribution is 2.32. The molecule has 8 heteroatoms. The molecule has 0 bridgehead atoms. The van der Waals surface area contributed by atoms with Gasteiger partial charge in [-0.25, -0.2) is 8.51 Å². The van der Waals surface area contributed by atoms with Gasteiger partial charge in [-0.1, -0.05) is 32.0 Å². The van der Waals surface area contributed by atoms with Gasteiger partial charge < -0.3 is 15.5 Å². The van der Waals surface area contributed by atoms with Crippen molar-refractivity contribution in [1.82, 2.24) is 24.3 Å². The van der Waals surface area contributed by atoms with Crippen LogP contribution in [0.5, 0.6) is 0 Å². The van der Waals surface area contributed by atoms with Gasteiger partial charge >= 0.3 is 0 Å². The van der Waals surface area contributed by atoms with E-state index in [2.05, 4.69) is 75.2 Å². The topological polar surface area (TPSA) is 65.4 Å². The Hall–Kier alpha value is -2.26. The van der Waals surface area contributed by atoms with Crippen molar-refractivity contribution in [3.63, 3.8) is 0 Å². The van der Waals surface area contributed by atoms with E-state index in [0.717, 1.165) is 69.2 Å². The first-order valence-corrected chi connectivity index (χ1v) is 15.9. The summed E-state index contributed by atoms with van der Waals surface area (Å²) in [4.78, 5) is 3.59. The van der Waals surface area contributed by atoms with Gasteiger partial charge in [0.25, 0.3) is 0 Å². The van der Waals surface area contributed by atoms with Crippen LogP contribution in [-0.4, -0.2) is 75.6 Å². The van der Waals surface area contributed by atoms with E-state index in [-0.39, 0.29) is 0 Å². The number of likely N-dealkylation sites (tertiary alicyclic amines) is 1. The van der Waals surface area contributed by atoms with Crippen LogP contribution in [0.2, 0.25) is 0 Å². The molecule has 7 nitrogen and oxygen atoms in total. The zero-order valence-corrected chi connectivity index (χ0v) is 25.0. The van der Waals surface area contributed by atoms with Crippen molar-refractivity contribution in [1.29, 1.82) is 0 Å². The van der Waals surface area contributed by atoms with Crippen LogP contribution in [0, 0.1) is 5.92 Å². The van der Waals surface area contributed by atoms with Crippen LogP contribution in [0.15, 0.2) is 47.4 Å². The third kappa shape index (κ3) is 6.73. The Kier molecular flexibility index (Phi) is 9.38. The van der Waals surface area contributed by atoms with Crippen LogP contribution in [0.4, 0.5) is 5.82 Å². The molecule has 2 aromatic carbocycles. The normalized spacial score (nSPS) is 19.9. The summed E-state index contributed by atoms with van der Waals surface area (Å²) < 4.78 is 17.4. The Morgan fingerprint density at radius 3 is 2.54 bits per heavy atom. The van der Waals surface area contributed by atoms with Gasteiger partial charge in [-0.2, -0.15) is 5.10 Å². The van der Waals surface area contributed by atoms with E-state index < -0.39 is 11.0 Å². The molecular weight excluding hydrogens is 504 g/mol. The minimum Gasteiger partial charge on any atom is -0.371 e. The van der Waals surface area contributed by atoms with Gasteiger partial charge in [-0.15, -0.1) is 0 Å². The number of aryl methyl sites for hydroxylation is 1. The van der Waals surface area contributed by atoms with Gasteiger partial charge in [0.05, 0.1) is 10.4 Å². The predicted octanol–water partition coefficient (Wildman–Crippen LogP) is 4.77. The molecule has 2 aliphatic heterocycles. The second-order valence-corrected chi connectivity index (χ2v) is 13.0. The van der Waals surface area contributed by atoms with Crippen molar-refractivity contribution in [2.75, 3.05) is 51.6 Å². The molecule has 5 rings (SSSR count). The molecule has 0 amide bonds. The first-order valence-electron chi connectivity index (χ1n) is 14.8. The van der Waals surface area contributed by atoms with E-state index in [1.54, 1.807) is 0 Å². The van der Waals surface area contributed by atoms with E-state index in [1.807, 2.05) is 24.8 Å². The first-order chi connectivity index (χ1) is 18.9. The molecule has 0 aliphatic carbocycles. The number of anilines is 1. The molecule has 2 N–H and O–H groups in total. The lowest BCUT2D eigenvalue weighted by Crippen LogP contribution is -2.43. The number of hydrogen-bond acceptors (Lipinski definition) is 5. The summed E-state index contributed by atoms with van der Waals surface area (Å²) in [6.45, 7) is 10.7. The molecule has 2 unspecified atom stereocenters. The zero-order chi connectivity index (χ0) is 27.4. The number of fused-ring (bicyclic) bond motifs is 1. The van der Waals surface area contributed by atoms with Crippen molar-refractivity contribution in [2.24, 2.45) is 13.0 Å². The van der Waals surface area contributed by atoms with Gasteiger partial charge in [0.15, 0.2) is 5.82 Å². The molecule has 2 fully saturated rings. The third-order valence-electron chi connectivity index (χ3n) is 8.61. The van der Waals surface area contributed by atoms with Gasteiger partial charge in [-0.05, 0) is 99.0 Å². The van der Waals surface area contributed by atoms with Gasteiger partial charge in [-0.3, -0.25) is 4.68 Å². The van der Waals surface area contributed by atoms with E-state index in [0.29, 0.717) is 17.9 Å². The number of benzene rings is 2. The second-order valence-electron chi connectivity index (χ2n) is 11.5. The number of rotatable bonds is 10. The summed E-state index contributed by atoms with van der Waals surface area (Å²) >= 11 is 0. The Labute approximate surface area is 236 Å². The molecule has 2 aliphatic rings. The Bertz CT molecular complexity index is 1260. The summed E-state index contributed by atoms with van der Waals surface area (Å²) in [5, 5.41) is 12.5. The summed E-state index contributed by atoms with van der Waals surface area (Å²) in [5.74, 6) is 2.12. The van der Waals surface area contributed by atoms with Crippen LogP contribution >= 0.6 is 0 Å². The molecule has 0 radical (unpaired) electrons. The number of hydrogen-bond donors (Lipinski definition) is 2. The maximum Gasteiger partial charge on any atom is 0.155 e. The molecule has 2 atom stereocenters. The Balaban J connectivity index is 1.11. The molecule has 0 saturated carbocycles. The first kappa shape index (κ1) is 28.3. The van der Waals surface area contributed by atoms with E-state index in [4.69, 9.17) is 0 Å². The highest BCUT2D eigenvalue weighted by Gasteiger charge is 2.25. The fourth-order valence-corrected chi connectivity index (χ4v) is 7.80. The average molecular weight is 551 g/mol. The van der Waals surface area contributed by atoms with Gasteiger partial charge in [0, 0.05) is 45.2 Å². The van der Waals surface area contributed by atoms with Crippen molar-refractivity contribution < 1.29 is 4.21 Å². The zero-order valence-electron chi connectivity index (χ0n) is 24.2. The number of aromatic nitrogens is 2. The number of nitrogens with zero attached hydrogens (tertiary/aromatic N) is 4. The lowest BCUT2D eigenvalue weighted by Gasteiger charge is -2.34. The molecule has 3 heterocycles. The monoisotopic (exact) mass is 550 g/mol. The second kappa shape index (κ2) is 12.9. The van der Waals surface area contributed by atoms with Crippen molar-refractivity contribution in [3.05, 3.63) is 53.6 Å². The third-order valence-corrected chi connectivity index (χ3v) is 10.1. The molecule has 212 valence electrons. The molecule has 2 saturated heterocycles. The van der Waals surface area contributed by atoms with Crippen molar-refractivity contribution in [3.8, 4) is 0 Å². The van der Waals surface area contributed by atoms with Gasteiger partial charge in [0.1, 0.15) is 11.0 Å². The van der Waals surface area contributed by atoms with E-state index in [9.17, 15) is 4.21 Å². The average Bonchev–Trinajstić information content (AvgIpc) is 3.28. The number of piperidine rings is 2. The lowest BCUT2D eigenvalue weighted by atomic mass is 9.88. The molecular formula is C31H46N6OS. The van der Waals surface area contributed by atoms with Crippen molar-refractivity contribution in [2.45, 2.75) is 62.8 Å². The van der Waals surface area contributed by atoms with Crippen LogP contribution in [0.3, 0.4) is 0 Å². The minimum atomic E-state index is -1.07. The highest BCUT2D eigenvalue weighted by atomic mass is 32.2. The molecule has 39 heavy (non-hydrogen) atoms. The summed E-state index contributed by atoms with van der Waals surface area (Å²) in [6.07, 6.45) is 5.57. The smallest absolute Gasteiger partial charge is 0.155 e. The largest absolute Gasteiger partial charge is 0.371 e. The summed E-state index contributed by atoms with van der Waals surface area (Å²) in [6, 6.07) is 15.9. The molecule has 3 aromatic rings. The molecule has 0 spiro atoms. The number of nitrogens with one attached hydrogen (secondary N) is 2. The fraction of sp³-hybridized carbons (Fsp3) is 0.581. The van der Waals surface area contributed by atoms with Crippen LogP contribution < -0.4 is 10.6 Å². The molecule has 1 aromatic heterocycles. The van der Waals surface area contributed by atoms with E-state index in [1.165, 1.54) is 34.9 Å². The Morgan fingerprint density at radius 1 is 1.05 bits per heavy atom. The quantitative estimate of drug-likeness (QED) is 0.381. The minimum absolute atomic E-state index is 0.562. The standard InChI is InChI=1S/C31H46N6OS/c1-5-33-27-13-17-37(18-14-27)39(38)28-8-6-7-24(20-28)19-23(2)22-36-15-11-25(12-16-36)26-9-10-29-30(21-26)35(4)34-31(29)32-3/h6-10,20-21,23,25,27,33H,5,11-19,22H2,1-4H3,(H,32,34). The highest BCUT2D eigenvalue weighted by molar-refractivity contribution is 7.82. The fourth-order valence-electron chi connectivity index (χ4n) is 6.51. The van der Waals surface area contributed by atoms with Crippen LogP contribution in [0.25, 0.3) is 10.9 Å². The van der Waals surface area contributed by atoms with Crippen molar-refractivity contribution >= 4 is 27.7 Å². The lowest BCUT2D eigenvalue weighted by molar-refractivity contribution is 0.187. The van der Waals surface area contributed by atoms with Gasteiger partial charge in [0.2, 0.25) is 0 Å². The summed E-state index contributed by atoms with van der Waals surface area (Å²) in [5.41, 5.74) is 3.95. The maximum atomic E-state index is 13.3. The SMILES string of the molecule is CCNC1CCN(S(=O)c2cccc(CC(C)CN3CCC(c4ccc5c(NC)nn(C)c5c4)CC3)c2)CC1. The van der Waals surface area contributed by atoms with E-state index >= 15 is 0 Å². The van der Waals surface area contributed by atoms with Crippen LogP contribution in [-0.2, 0) is 24.5 Å². The maximum absolute atomic E-state index is 13.3. The summed E-state index contributed by atoms with van der Waals surface area (Å²) in [7, 11) is 2.89. The Morgan fingerprint density at radius 2 is 1.82 bits per heavy atom.